The predicted molar refractivity (Wildman–Crippen MR) is 86.0 cm³/mol. The average Bonchev–Trinajstić information content (AvgIpc) is 2.45. The fraction of sp³-hybridized carbons (Fsp3) is 1.00. The zero-order chi connectivity index (χ0) is 14.4. The van der Waals surface area contributed by atoms with E-state index in [2.05, 4.69) is 25.9 Å². The summed E-state index contributed by atoms with van der Waals surface area (Å²) in [6, 6.07) is 0. The Morgan fingerprint density at radius 3 is 2.25 bits per heavy atom. The van der Waals surface area contributed by atoms with Crippen LogP contribution in [-0.4, -0.2) is 38.3 Å². The molecule has 0 radical (unpaired) electrons. The molecular weight excluding hydrogens is 246 g/mol. The zero-order valence-corrected chi connectivity index (χ0v) is 13.9. The van der Waals surface area contributed by atoms with Gasteiger partial charge in [0.2, 0.25) is 0 Å². The molecule has 3 unspecified atom stereocenters. The van der Waals surface area contributed by atoms with Gasteiger partial charge in [0, 0.05) is 6.54 Å². The van der Waals surface area contributed by atoms with Crippen LogP contribution < -0.4 is 0 Å². The van der Waals surface area contributed by atoms with E-state index in [-0.39, 0.29) is 0 Å². The average molecular weight is 281 g/mol. The molecule has 0 aliphatic heterocycles. The van der Waals surface area contributed by atoms with E-state index < -0.39 is 0 Å². The van der Waals surface area contributed by atoms with Gasteiger partial charge in [-0.25, -0.2) is 0 Å². The standard InChI is InChI=1S/C18H35NO/c1-15-9-7-8-12-17(15)18(20-14-13-19(2)3)16-10-5-4-6-11-16/h15-18H,4-14H2,1-3H3. The van der Waals surface area contributed by atoms with Gasteiger partial charge in [0.15, 0.2) is 0 Å². The van der Waals surface area contributed by atoms with E-state index in [1.165, 1.54) is 57.8 Å². The summed E-state index contributed by atoms with van der Waals surface area (Å²) >= 11 is 0. The molecule has 20 heavy (non-hydrogen) atoms. The molecule has 0 bridgehead atoms. The number of ether oxygens (including phenoxy) is 1. The Bertz CT molecular complexity index is 260. The van der Waals surface area contributed by atoms with Crippen LogP contribution in [-0.2, 0) is 4.74 Å². The first kappa shape index (κ1) is 16.3. The largest absolute Gasteiger partial charge is 0.376 e. The Labute approximate surface area is 126 Å². The maximum absolute atomic E-state index is 6.46. The Hall–Kier alpha value is -0.0800. The van der Waals surface area contributed by atoms with Crippen molar-refractivity contribution in [3.05, 3.63) is 0 Å². The molecule has 2 aliphatic rings. The van der Waals surface area contributed by atoms with Crippen molar-refractivity contribution in [3.63, 3.8) is 0 Å². The van der Waals surface area contributed by atoms with Crippen molar-refractivity contribution in [3.8, 4) is 0 Å². The van der Waals surface area contributed by atoms with Crippen LogP contribution in [0.2, 0.25) is 0 Å². The first-order chi connectivity index (χ1) is 9.68. The molecule has 0 aromatic rings. The maximum atomic E-state index is 6.46. The van der Waals surface area contributed by atoms with E-state index >= 15 is 0 Å². The highest BCUT2D eigenvalue weighted by molar-refractivity contribution is 4.85. The lowest BCUT2D eigenvalue weighted by atomic mass is 9.71. The highest BCUT2D eigenvalue weighted by Gasteiger charge is 2.35. The second-order valence-corrected chi connectivity index (χ2v) is 7.46. The lowest BCUT2D eigenvalue weighted by Gasteiger charge is -2.41. The summed E-state index contributed by atoms with van der Waals surface area (Å²) in [5.41, 5.74) is 0. The Morgan fingerprint density at radius 2 is 1.60 bits per heavy atom. The molecule has 118 valence electrons. The second-order valence-electron chi connectivity index (χ2n) is 7.46. The van der Waals surface area contributed by atoms with Crippen LogP contribution >= 0.6 is 0 Å². The van der Waals surface area contributed by atoms with E-state index in [1.54, 1.807) is 0 Å². The van der Waals surface area contributed by atoms with E-state index in [9.17, 15) is 0 Å². The van der Waals surface area contributed by atoms with Crippen LogP contribution in [0.1, 0.15) is 64.7 Å². The summed E-state index contributed by atoms with van der Waals surface area (Å²) < 4.78 is 6.46. The summed E-state index contributed by atoms with van der Waals surface area (Å²) in [7, 11) is 4.28. The first-order valence-electron chi connectivity index (χ1n) is 8.95. The first-order valence-corrected chi connectivity index (χ1v) is 8.95. The molecule has 3 atom stereocenters. The van der Waals surface area contributed by atoms with Gasteiger partial charge >= 0.3 is 0 Å². The molecule has 0 aromatic heterocycles. The number of rotatable bonds is 6. The van der Waals surface area contributed by atoms with Crippen LogP contribution in [0.25, 0.3) is 0 Å². The van der Waals surface area contributed by atoms with E-state index in [0.717, 1.165) is 30.9 Å². The molecule has 2 saturated carbocycles. The lowest BCUT2D eigenvalue weighted by Crippen LogP contribution is -2.39. The minimum absolute atomic E-state index is 0.547. The van der Waals surface area contributed by atoms with Gasteiger partial charge in [-0.1, -0.05) is 45.4 Å². The van der Waals surface area contributed by atoms with Gasteiger partial charge < -0.3 is 9.64 Å². The van der Waals surface area contributed by atoms with Crippen LogP contribution in [0.4, 0.5) is 0 Å². The molecule has 0 amide bonds. The smallest absolute Gasteiger partial charge is 0.0634 e. The number of hydrogen-bond acceptors (Lipinski definition) is 2. The molecule has 2 fully saturated rings. The molecule has 2 nitrogen and oxygen atoms in total. The fourth-order valence-corrected chi connectivity index (χ4v) is 4.28. The molecule has 0 saturated heterocycles. The fourth-order valence-electron chi connectivity index (χ4n) is 4.28. The number of nitrogens with zero attached hydrogens (tertiary/aromatic N) is 1. The molecular formula is C18H35NO. The highest BCUT2D eigenvalue weighted by Crippen LogP contribution is 2.40. The van der Waals surface area contributed by atoms with Crippen molar-refractivity contribution < 1.29 is 4.74 Å². The van der Waals surface area contributed by atoms with Gasteiger partial charge in [0.1, 0.15) is 0 Å². The third kappa shape index (κ3) is 4.73. The Kier molecular flexibility index (Phi) is 6.83. The third-order valence-electron chi connectivity index (χ3n) is 5.56. The SMILES string of the molecule is CC1CCCCC1C(OCCN(C)C)C1CCCCC1. The summed E-state index contributed by atoms with van der Waals surface area (Å²) in [5, 5.41) is 0. The summed E-state index contributed by atoms with van der Waals surface area (Å²) in [6.07, 6.45) is 13.4. The summed E-state index contributed by atoms with van der Waals surface area (Å²) in [6.45, 7) is 4.44. The van der Waals surface area contributed by atoms with Crippen molar-refractivity contribution in [2.24, 2.45) is 17.8 Å². The van der Waals surface area contributed by atoms with Crippen molar-refractivity contribution in [1.29, 1.82) is 0 Å². The van der Waals surface area contributed by atoms with Crippen molar-refractivity contribution >= 4 is 0 Å². The van der Waals surface area contributed by atoms with E-state index in [0.29, 0.717) is 6.10 Å². The highest BCUT2D eigenvalue weighted by atomic mass is 16.5. The molecule has 2 heteroatoms. The van der Waals surface area contributed by atoms with E-state index in [1.807, 2.05) is 0 Å². The molecule has 0 aromatic carbocycles. The number of hydrogen-bond donors (Lipinski definition) is 0. The Morgan fingerprint density at radius 1 is 0.950 bits per heavy atom. The minimum atomic E-state index is 0.547. The summed E-state index contributed by atoms with van der Waals surface area (Å²) in [5.74, 6) is 2.54. The number of likely N-dealkylation sites (N-methyl/N-ethyl adjacent to an activating group) is 1. The molecule has 0 N–H and O–H groups in total. The van der Waals surface area contributed by atoms with Gasteiger partial charge in [-0.3, -0.25) is 0 Å². The molecule has 2 aliphatic carbocycles. The van der Waals surface area contributed by atoms with Crippen LogP contribution in [0, 0.1) is 17.8 Å². The van der Waals surface area contributed by atoms with Crippen LogP contribution in [0.3, 0.4) is 0 Å². The third-order valence-corrected chi connectivity index (χ3v) is 5.56. The van der Waals surface area contributed by atoms with Crippen molar-refractivity contribution in [2.75, 3.05) is 27.2 Å². The normalized spacial score (nSPS) is 30.6. The molecule has 0 heterocycles. The maximum Gasteiger partial charge on any atom is 0.0634 e. The topological polar surface area (TPSA) is 12.5 Å². The van der Waals surface area contributed by atoms with Gasteiger partial charge in [0.05, 0.1) is 12.7 Å². The molecule has 0 spiro atoms. The predicted octanol–water partition coefficient (Wildman–Crippen LogP) is 4.34. The lowest BCUT2D eigenvalue weighted by molar-refractivity contribution is -0.0638. The quantitative estimate of drug-likeness (QED) is 0.718. The van der Waals surface area contributed by atoms with Crippen LogP contribution in [0.5, 0.6) is 0 Å². The van der Waals surface area contributed by atoms with Crippen molar-refractivity contribution in [2.45, 2.75) is 70.8 Å². The monoisotopic (exact) mass is 281 g/mol. The van der Waals surface area contributed by atoms with Gasteiger partial charge in [0.25, 0.3) is 0 Å². The minimum Gasteiger partial charge on any atom is -0.376 e. The zero-order valence-electron chi connectivity index (χ0n) is 13.9. The van der Waals surface area contributed by atoms with Gasteiger partial charge in [-0.05, 0) is 51.1 Å². The second kappa shape index (κ2) is 8.38. The molecule has 2 rings (SSSR count). The summed E-state index contributed by atoms with van der Waals surface area (Å²) in [4.78, 5) is 2.24. The van der Waals surface area contributed by atoms with Crippen molar-refractivity contribution in [1.82, 2.24) is 4.90 Å². The van der Waals surface area contributed by atoms with Gasteiger partial charge in [-0.15, -0.1) is 0 Å². The van der Waals surface area contributed by atoms with Gasteiger partial charge in [-0.2, -0.15) is 0 Å². The van der Waals surface area contributed by atoms with E-state index in [4.69, 9.17) is 4.74 Å². The Balaban J connectivity index is 1.94. The van der Waals surface area contributed by atoms with Crippen LogP contribution in [0.15, 0.2) is 0 Å².